The van der Waals surface area contributed by atoms with E-state index in [1.165, 1.54) is 0 Å². The van der Waals surface area contributed by atoms with Crippen molar-refractivity contribution in [3.8, 4) is 0 Å². The topological polar surface area (TPSA) is 66.4 Å². The summed E-state index contributed by atoms with van der Waals surface area (Å²) < 4.78 is 0. The number of carboxylic acids is 1. The van der Waals surface area contributed by atoms with E-state index in [-0.39, 0.29) is 24.3 Å². The number of hydrogen-bond donors (Lipinski definition) is 2. The fraction of sp³-hybridized carbons (Fsp3) is 0.467. The van der Waals surface area contributed by atoms with Crippen molar-refractivity contribution in [2.75, 3.05) is 6.54 Å². The zero-order valence-electron chi connectivity index (χ0n) is 11.5. The highest BCUT2D eigenvalue weighted by Gasteiger charge is 2.45. The van der Waals surface area contributed by atoms with Crippen LogP contribution in [0.2, 0.25) is 5.02 Å². The Bertz CT molecular complexity index is 542. The van der Waals surface area contributed by atoms with Crippen LogP contribution < -0.4 is 5.32 Å². The lowest BCUT2D eigenvalue weighted by molar-refractivity contribution is -0.146. The second-order valence-electron chi connectivity index (χ2n) is 5.88. The van der Waals surface area contributed by atoms with E-state index in [9.17, 15) is 9.59 Å². The maximum Gasteiger partial charge on any atom is 0.310 e. The van der Waals surface area contributed by atoms with Gasteiger partial charge in [0.15, 0.2) is 0 Å². The maximum absolute atomic E-state index is 12.0. The normalized spacial score (nSPS) is 21.4. The highest BCUT2D eigenvalue weighted by Crippen LogP contribution is 2.49. The van der Waals surface area contributed by atoms with Gasteiger partial charge in [-0.1, -0.05) is 29.8 Å². The molecule has 2 unspecified atom stereocenters. The van der Waals surface area contributed by atoms with Crippen LogP contribution in [0.15, 0.2) is 24.3 Å². The van der Waals surface area contributed by atoms with Crippen molar-refractivity contribution in [3.63, 3.8) is 0 Å². The molecule has 0 radical (unpaired) electrons. The molecule has 0 aliphatic heterocycles. The van der Waals surface area contributed by atoms with E-state index in [1.54, 1.807) is 13.8 Å². The van der Waals surface area contributed by atoms with Crippen molar-refractivity contribution in [2.24, 2.45) is 11.3 Å². The van der Waals surface area contributed by atoms with Gasteiger partial charge in [0.25, 0.3) is 0 Å². The number of benzene rings is 1. The third kappa shape index (κ3) is 3.12. The standard InChI is InChI=1S/C15H18ClNO3/c1-15(2,14(19)20)8-17-13(18)11-7-10(11)9-5-3-4-6-12(9)16/h3-6,10-11H,7-8H2,1-2H3,(H,17,18)(H,19,20). The van der Waals surface area contributed by atoms with E-state index in [2.05, 4.69) is 5.32 Å². The molecule has 0 spiro atoms. The van der Waals surface area contributed by atoms with Crippen molar-refractivity contribution in [1.82, 2.24) is 5.32 Å². The van der Waals surface area contributed by atoms with Gasteiger partial charge in [-0.2, -0.15) is 0 Å². The third-order valence-electron chi connectivity index (χ3n) is 3.72. The SMILES string of the molecule is CC(C)(CNC(=O)C1CC1c1ccccc1Cl)C(=O)O. The molecule has 108 valence electrons. The maximum atomic E-state index is 12.0. The number of carbonyl (C=O) groups excluding carboxylic acids is 1. The first-order valence-electron chi connectivity index (χ1n) is 6.58. The van der Waals surface area contributed by atoms with Crippen molar-refractivity contribution in [2.45, 2.75) is 26.2 Å². The van der Waals surface area contributed by atoms with Gasteiger partial charge in [-0.25, -0.2) is 0 Å². The summed E-state index contributed by atoms with van der Waals surface area (Å²) >= 11 is 6.11. The van der Waals surface area contributed by atoms with Crippen LogP contribution in [0.4, 0.5) is 0 Å². The minimum atomic E-state index is -0.954. The number of rotatable bonds is 5. The van der Waals surface area contributed by atoms with Gasteiger partial charge in [0.05, 0.1) is 5.41 Å². The van der Waals surface area contributed by atoms with E-state index < -0.39 is 11.4 Å². The largest absolute Gasteiger partial charge is 0.481 e. The molecule has 0 aromatic heterocycles. The molecule has 1 fully saturated rings. The highest BCUT2D eigenvalue weighted by molar-refractivity contribution is 6.31. The van der Waals surface area contributed by atoms with Crippen LogP contribution in [-0.4, -0.2) is 23.5 Å². The molecule has 1 aromatic rings. The van der Waals surface area contributed by atoms with Crippen molar-refractivity contribution < 1.29 is 14.7 Å². The molecule has 1 aromatic carbocycles. The Morgan fingerprint density at radius 3 is 2.65 bits per heavy atom. The number of hydrogen-bond acceptors (Lipinski definition) is 2. The number of carbonyl (C=O) groups is 2. The van der Waals surface area contributed by atoms with Crippen LogP contribution in [0.3, 0.4) is 0 Å². The van der Waals surface area contributed by atoms with Gasteiger partial charge in [-0.15, -0.1) is 0 Å². The summed E-state index contributed by atoms with van der Waals surface area (Å²) in [5.74, 6) is -0.961. The molecule has 5 heteroatoms. The molecule has 2 rings (SSSR count). The molecular formula is C15H18ClNO3. The smallest absolute Gasteiger partial charge is 0.310 e. The number of halogens is 1. The van der Waals surface area contributed by atoms with Crippen molar-refractivity contribution in [1.29, 1.82) is 0 Å². The van der Waals surface area contributed by atoms with Crippen LogP contribution in [0.1, 0.15) is 31.7 Å². The molecule has 1 saturated carbocycles. The number of aliphatic carboxylic acids is 1. The van der Waals surface area contributed by atoms with Crippen LogP contribution in [0.25, 0.3) is 0 Å². The van der Waals surface area contributed by atoms with Crippen LogP contribution in [0, 0.1) is 11.3 Å². The van der Waals surface area contributed by atoms with Gasteiger partial charge in [-0.3, -0.25) is 9.59 Å². The highest BCUT2D eigenvalue weighted by atomic mass is 35.5. The molecule has 1 aliphatic carbocycles. The molecule has 20 heavy (non-hydrogen) atoms. The second kappa shape index (κ2) is 5.44. The molecule has 0 saturated heterocycles. The van der Waals surface area contributed by atoms with Gasteiger partial charge in [0, 0.05) is 17.5 Å². The molecule has 1 aliphatic rings. The molecule has 2 atom stereocenters. The summed E-state index contributed by atoms with van der Waals surface area (Å²) in [7, 11) is 0. The van der Waals surface area contributed by atoms with E-state index in [1.807, 2.05) is 24.3 Å². The van der Waals surface area contributed by atoms with Gasteiger partial charge < -0.3 is 10.4 Å². The predicted molar refractivity (Wildman–Crippen MR) is 76.7 cm³/mol. The molecule has 0 heterocycles. The summed E-state index contributed by atoms with van der Waals surface area (Å²) in [5, 5.41) is 12.4. The summed E-state index contributed by atoms with van der Waals surface area (Å²) in [6.07, 6.45) is 0.767. The monoisotopic (exact) mass is 295 g/mol. The zero-order valence-corrected chi connectivity index (χ0v) is 12.3. The first-order chi connectivity index (χ1) is 9.33. The number of carboxylic acid groups (broad SMARTS) is 1. The van der Waals surface area contributed by atoms with Crippen LogP contribution in [-0.2, 0) is 9.59 Å². The van der Waals surface area contributed by atoms with Crippen molar-refractivity contribution in [3.05, 3.63) is 34.9 Å². The fourth-order valence-corrected chi connectivity index (χ4v) is 2.39. The molecule has 1 amide bonds. The fourth-order valence-electron chi connectivity index (χ4n) is 2.12. The Kier molecular flexibility index (Phi) is 4.04. The average molecular weight is 296 g/mol. The minimum absolute atomic E-state index is 0.0933. The predicted octanol–water partition coefficient (Wildman–Crippen LogP) is 2.67. The van der Waals surface area contributed by atoms with E-state index in [4.69, 9.17) is 16.7 Å². The van der Waals surface area contributed by atoms with Crippen LogP contribution >= 0.6 is 11.6 Å². The first kappa shape index (κ1) is 14.9. The summed E-state index contributed by atoms with van der Waals surface area (Å²) in [6.45, 7) is 3.31. The zero-order chi connectivity index (χ0) is 14.9. The average Bonchev–Trinajstić information content (AvgIpc) is 3.16. The van der Waals surface area contributed by atoms with Crippen molar-refractivity contribution >= 4 is 23.5 Å². The lowest BCUT2D eigenvalue weighted by Crippen LogP contribution is -2.39. The lowest BCUT2D eigenvalue weighted by Gasteiger charge is -2.19. The summed E-state index contributed by atoms with van der Waals surface area (Å²) in [5.41, 5.74) is 0.0385. The van der Waals surface area contributed by atoms with E-state index >= 15 is 0 Å². The quantitative estimate of drug-likeness (QED) is 0.877. The van der Waals surface area contributed by atoms with Gasteiger partial charge >= 0.3 is 5.97 Å². The second-order valence-corrected chi connectivity index (χ2v) is 6.28. The van der Waals surface area contributed by atoms with Gasteiger partial charge in [0.2, 0.25) is 5.91 Å². The molecule has 0 bridgehead atoms. The molecule has 4 nitrogen and oxygen atoms in total. The summed E-state index contributed by atoms with van der Waals surface area (Å²) in [6, 6.07) is 7.51. The van der Waals surface area contributed by atoms with Gasteiger partial charge in [0.1, 0.15) is 0 Å². The van der Waals surface area contributed by atoms with E-state index in [0.29, 0.717) is 5.02 Å². The Labute approximate surface area is 123 Å². The van der Waals surface area contributed by atoms with Crippen LogP contribution in [0.5, 0.6) is 0 Å². The first-order valence-corrected chi connectivity index (χ1v) is 6.96. The Hall–Kier alpha value is -1.55. The molecule has 2 N–H and O–H groups in total. The van der Waals surface area contributed by atoms with Gasteiger partial charge in [-0.05, 0) is 37.8 Å². The Morgan fingerprint density at radius 1 is 1.40 bits per heavy atom. The third-order valence-corrected chi connectivity index (χ3v) is 4.06. The molecular weight excluding hydrogens is 278 g/mol. The Morgan fingerprint density at radius 2 is 2.05 bits per heavy atom. The Balaban J connectivity index is 1.91. The van der Waals surface area contributed by atoms with E-state index in [0.717, 1.165) is 12.0 Å². The minimum Gasteiger partial charge on any atom is -0.481 e. The lowest BCUT2D eigenvalue weighted by atomic mass is 9.94. The summed E-state index contributed by atoms with van der Waals surface area (Å²) in [4.78, 5) is 23.0. The number of amides is 1. The number of nitrogens with one attached hydrogen (secondary N) is 1.